The normalized spacial score (nSPS) is 10.5. The molecule has 0 heterocycles. The number of halogens is 3. The summed E-state index contributed by atoms with van der Waals surface area (Å²) in [5.41, 5.74) is 0.334. The second kappa shape index (κ2) is 5.95. The van der Waals surface area contributed by atoms with Crippen LogP contribution in [0, 0.1) is 5.82 Å². The Balaban J connectivity index is 2.43. The maximum atomic E-state index is 13.2. The molecule has 5 heteroatoms. The van der Waals surface area contributed by atoms with Crippen LogP contribution in [0.1, 0.15) is 17.3 Å². The quantitative estimate of drug-likeness (QED) is 0.697. The van der Waals surface area contributed by atoms with E-state index in [1.165, 1.54) is 30.8 Å². The predicted octanol–water partition coefficient (Wildman–Crippen LogP) is 5.49. The number of benzene rings is 2. The fourth-order valence-corrected chi connectivity index (χ4v) is 3.05. The summed E-state index contributed by atoms with van der Waals surface area (Å²) in [6.07, 6.45) is 0. The number of carbonyl (C=O) groups excluding carboxylic acids is 1. The van der Waals surface area contributed by atoms with Crippen LogP contribution in [-0.2, 0) is 0 Å². The topological polar surface area (TPSA) is 17.1 Å². The van der Waals surface area contributed by atoms with E-state index in [4.69, 9.17) is 23.2 Å². The van der Waals surface area contributed by atoms with E-state index < -0.39 is 5.82 Å². The van der Waals surface area contributed by atoms with Crippen molar-refractivity contribution in [3.8, 4) is 0 Å². The summed E-state index contributed by atoms with van der Waals surface area (Å²) >= 11 is 13.3. The highest BCUT2D eigenvalue weighted by atomic mass is 35.5. The second-order valence-electron chi connectivity index (χ2n) is 3.87. The van der Waals surface area contributed by atoms with Gasteiger partial charge >= 0.3 is 0 Å². The highest BCUT2D eigenvalue weighted by molar-refractivity contribution is 7.99. The van der Waals surface area contributed by atoms with Gasteiger partial charge in [-0.15, -0.1) is 0 Å². The van der Waals surface area contributed by atoms with Crippen LogP contribution < -0.4 is 0 Å². The van der Waals surface area contributed by atoms with Gasteiger partial charge in [-0.2, -0.15) is 0 Å². The van der Waals surface area contributed by atoms with Gasteiger partial charge in [-0.3, -0.25) is 4.79 Å². The minimum atomic E-state index is -0.438. The summed E-state index contributed by atoms with van der Waals surface area (Å²) in [6.45, 7) is 1.40. The molecule has 2 aromatic rings. The summed E-state index contributed by atoms with van der Waals surface area (Å²) in [7, 11) is 0. The van der Waals surface area contributed by atoms with E-state index >= 15 is 0 Å². The molecule has 0 aliphatic carbocycles. The van der Waals surface area contributed by atoms with Crippen LogP contribution in [0.5, 0.6) is 0 Å². The molecule has 0 unspecified atom stereocenters. The lowest BCUT2D eigenvalue weighted by Crippen LogP contribution is -1.96. The molecular formula is C14H9Cl2FOS. The third-order valence-corrected chi connectivity index (χ3v) is 4.24. The average molecular weight is 315 g/mol. The zero-order chi connectivity index (χ0) is 14.0. The predicted molar refractivity (Wildman–Crippen MR) is 77.0 cm³/mol. The molecule has 0 amide bonds. The molecule has 19 heavy (non-hydrogen) atoms. The molecule has 0 aromatic heterocycles. The van der Waals surface area contributed by atoms with Crippen molar-refractivity contribution in [2.75, 3.05) is 0 Å². The Morgan fingerprint density at radius 1 is 1.11 bits per heavy atom. The molecular weight excluding hydrogens is 306 g/mol. The highest BCUT2D eigenvalue weighted by Gasteiger charge is 2.12. The number of rotatable bonds is 3. The molecule has 2 rings (SSSR count). The largest absolute Gasteiger partial charge is 0.294 e. The van der Waals surface area contributed by atoms with Crippen molar-refractivity contribution in [2.45, 2.75) is 16.7 Å². The Hall–Kier alpha value is -1.03. The monoisotopic (exact) mass is 314 g/mol. The van der Waals surface area contributed by atoms with Crippen molar-refractivity contribution in [3.63, 3.8) is 0 Å². The van der Waals surface area contributed by atoms with E-state index in [0.29, 0.717) is 20.5 Å². The van der Waals surface area contributed by atoms with E-state index in [1.54, 1.807) is 24.3 Å². The minimum absolute atomic E-state index is 0.194. The Bertz CT molecular complexity index is 643. The molecule has 2 aromatic carbocycles. The van der Waals surface area contributed by atoms with Gasteiger partial charge < -0.3 is 0 Å². The number of ketones is 1. The molecule has 0 bridgehead atoms. The van der Waals surface area contributed by atoms with E-state index in [1.807, 2.05) is 0 Å². The number of hydrogen-bond acceptors (Lipinski definition) is 2. The summed E-state index contributed by atoms with van der Waals surface area (Å²) in [4.78, 5) is 12.9. The van der Waals surface area contributed by atoms with E-state index in [2.05, 4.69) is 0 Å². The van der Waals surface area contributed by atoms with Crippen LogP contribution in [0.25, 0.3) is 0 Å². The zero-order valence-electron chi connectivity index (χ0n) is 9.91. The van der Waals surface area contributed by atoms with E-state index in [9.17, 15) is 9.18 Å². The fourth-order valence-electron chi connectivity index (χ4n) is 1.54. The molecule has 0 spiro atoms. The van der Waals surface area contributed by atoms with Crippen LogP contribution in [0.15, 0.2) is 46.2 Å². The number of hydrogen-bond donors (Lipinski definition) is 0. The molecule has 98 valence electrons. The van der Waals surface area contributed by atoms with Crippen molar-refractivity contribution < 1.29 is 9.18 Å². The minimum Gasteiger partial charge on any atom is -0.294 e. The molecule has 0 aliphatic rings. The van der Waals surface area contributed by atoms with Gasteiger partial charge in [0.25, 0.3) is 0 Å². The molecule has 0 saturated heterocycles. The average Bonchev–Trinajstić information content (AvgIpc) is 2.35. The SMILES string of the molecule is CC(=O)c1cc(F)ccc1Sc1cc(Cl)ccc1Cl. The lowest BCUT2D eigenvalue weighted by Gasteiger charge is -2.08. The lowest BCUT2D eigenvalue weighted by atomic mass is 10.1. The van der Waals surface area contributed by atoms with Crippen LogP contribution in [-0.4, -0.2) is 5.78 Å². The highest BCUT2D eigenvalue weighted by Crippen LogP contribution is 2.37. The Morgan fingerprint density at radius 3 is 2.53 bits per heavy atom. The third kappa shape index (κ3) is 3.50. The zero-order valence-corrected chi connectivity index (χ0v) is 12.2. The second-order valence-corrected chi connectivity index (χ2v) is 5.80. The van der Waals surface area contributed by atoms with Crippen molar-refractivity contribution in [2.24, 2.45) is 0 Å². The molecule has 0 N–H and O–H groups in total. The van der Waals surface area contributed by atoms with Gasteiger partial charge in [0.15, 0.2) is 5.78 Å². The summed E-state index contributed by atoms with van der Waals surface area (Å²) in [6, 6.07) is 9.18. The molecule has 0 fully saturated rings. The van der Waals surface area contributed by atoms with Crippen molar-refractivity contribution in [1.82, 2.24) is 0 Å². The standard InChI is InChI=1S/C14H9Cl2FOS/c1-8(18)11-7-10(17)3-5-13(11)19-14-6-9(15)2-4-12(14)16/h2-7H,1H3. The fraction of sp³-hybridized carbons (Fsp3) is 0.0714. The van der Waals surface area contributed by atoms with Gasteiger partial charge in [-0.25, -0.2) is 4.39 Å². The summed E-state index contributed by atoms with van der Waals surface area (Å²) < 4.78 is 13.2. The first-order chi connectivity index (χ1) is 8.97. The van der Waals surface area contributed by atoms with Gasteiger partial charge in [0.1, 0.15) is 5.82 Å². The summed E-state index contributed by atoms with van der Waals surface area (Å²) in [5, 5.41) is 1.09. The molecule has 0 atom stereocenters. The van der Waals surface area contributed by atoms with Gasteiger partial charge in [-0.05, 0) is 43.3 Å². The first-order valence-electron chi connectivity index (χ1n) is 5.41. The lowest BCUT2D eigenvalue weighted by molar-refractivity contribution is 0.101. The molecule has 0 saturated carbocycles. The Kier molecular flexibility index (Phi) is 4.50. The maximum absolute atomic E-state index is 13.2. The Labute approximate surface area is 124 Å². The number of carbonyl (C=O) groups is 1. The first kappa shape index (κ1) is 14.4. The van der Waals surface area contributed by atoms with Crippen LogP contribution in [0.3, 0.4) is 0 Å². The molecule has 0 radical (unpaired) electrons. The van der Waals surface area contributed by atoms with Crippen molar-refractivity contribution in [3.05, 3.63) is 57.8 Å². The van der Waals surface area contributed by atoms with Crippen LogP contribution >= 0.6 is 35.0 Å². The smallest absolute Gasteiger partial charge is 0.161 e. The van der Waals surface area contributed by atoms with E-state index in [-0.39, 0.29) is 5.78 Å². The third-order valence-electron chi connectivity index (χ3n) is 2.43. The van der Waals surface area contributed by atoms with E-state index in [0.717, 1.165) is 4.90 Å². The van der Waals surface area contributed by atoms with Crippen molar-refractivity contribution in [1.29, 1.82) is 0 Å². The Morgan fingerprint density at radius 2 is 1.84 bits per heavy atom. The summed E-state index contributed by atoms with van der Waals surface area (Å²) in [5.74, 6) is -0.633. The van der Waals surface area contributed by atoms with Gasteiger partial charge in [-0.1, -0.05) is 35.0 Å². The molecule has 0 aliphatic heterocycles. The van der Waals surface area contributed by atoms with Gasteiger partial charge in [0.2, 0.25) is 0 Å². The maximum Gasteiger partial charge on any atom is 0.161 e. The molecule has 1 nitrogen and oxygen atoms in total. The van der Waals surface area contributed by atoms with Crippen LogP contribution in [0.2, 0.25) is 10.0 Å². The van der Waals surface area contributed by atoms with Crippen LogP contribution in [0.4, 0.5) is 4.39 Å². The van der Waals surface area contributed by atoms with Crippen molar-refractivity contribution >= 4 is 40.7 Å². The first-order valence-corrected chi connectivity index (χ1v) is 6.98. The van der Waals surface area contributed by atoms with Gasteiger partial charge in [0.05, 0.1) is 5.02 Å². The number of Topliss-reactive ketones (excluding diaryl/α,β-unsaturated/α-hetero) is 1. The van der Waals surface area contributed by atoms with Gasteiger partial charge in [0, 0.05) is 20.4 Å².